The van der Waals surface area contributed by atoms with Crippen molar-refractivity contribution in [1.82, 2.24) is 19.4 Å². The van der Waals surface area contributed by atoms with Gasteiger partial charge in [-0.05, 0) is 38.1 Å². The summed E-state index contributed by atoms with van der Waals surface area (Å²) >= 11 is 1.65. The van der Waals surface area contributed by atoms with Crippen LogP contribution in [0.15, 0.2) is 54.7 Å². The number of nitrogens with zero attached hydrogens (tertiary/aromatic N) is 4. The fourth-order valence-electron chi connectivity index (χ4n) is 3.82. The van der Waals surface area contributed by atoms with E-state index in [2.05, 4.69) is 4.98 Å². The number of aryl methyl sites for hydroxylation is 2. The summed E-state index contributed by atoms with van der Waals surface area (Å²) in [4.78, 5) is 25.4. The largest absolute Gasteiger partial charge is 0.331 e. The van der Waals surface area contributed by atoms with Crippen molar-refractivity contribution in [2.45, 2.75) is 33.4 Å². The molecule has 0 N–H and O–H groups in total. The van der Waals surface area contributed by atoms with Crippen LogP contribution in [0.5, 0.6) is 0 Å². The van der Waals surface area contributed by atoms with Gasteiger partial charge in [0.25, 0.3) is 0 Å². The van der Waals surface area contributed by atoms with E-state index in [0.29, 0.717) is 18.9 Å². The van der Waals surface area contributed by atoms with E-state index < -0.39 is 0 Å². The van der Waals surface area contributed by atoms with Crippen molar-refractivity contribution in [2.24, 2.45) is 0 Å². The molecule has 1 aliphatic rings. The zero-order chi connectivity index (χ0) is 21.5. The highest BCUT2D eigenvalue weighted by Crippen LogP contribution is 2.29. The number of thiazole rings is 1. The molecule has 0 spiro atoms. The molecule has 7 heteroatoms. The molecule has 2 aromatic carbocycles. The van der Waals surface area contributed by atoms with Crippen LogP contribution in [0.1, 0.15) is 27.0 Å². The van der Waals surface area contributed by atoms with E-state index in [-0.39, 0.29) is 18.1 Å². The van der Waals surface area contributed by atoms with E-state index in [4.69, 9.17) is 4.98 Å². The van der Waals surface area contributed by atoms with Gasteiger partial charge < -0.3 is 9.47 Å². The summed E-state index contributed by atoms with van der Waals surface area (Å²) in [7, 11) is 0. The molecule has 1 aliphatic heterocycles. The number of benzene rings is 2. The molecule has 0 bridgehead atoms. The lowest BCUT2D eigenvalue weighted by molar-refractivity contribution is -0.131. The van der Waals surface area contributed by atoms with Gasteiger partial charge in [0.2, 0.25) is 5.91 Å². The van der Waals surface area contributed by atoms with Crippen LogP contribution in [-0.2, 0) is 24.3 Å². The first-order valence-electron chi connectivity index (χ1n) is 10.1. The van der Waals surface area contributed by atoms with Crippen molar-refractivity contribution in [2.75, 3.05) is 0 Å². The van der Waals surface area contributed by atoms with Gasteiger partial charge in [-0.15, -0.1) is 11.3 Å². The number of amides is 1. The maximum atomic E-state index is 13.5. The predicted octanol–water partition coefficient (Wildman–Crippen LogP) is 4.84. The Labute approximate surface area is 183 Å². The molecule has 5 rings (SSSR count). The highest BCUT2D eigenvalue weighted by molar-refractivity contribution is 7.11. The normalized spacial score (nSPS) is 12.9. The van der Waals surface area contributed by atoms with Gasteiger partial charge >= 0.3 is 0 Å². The lowest BCUT2D eigenvalue weighted by Crippen LogP contribution is -2.28. The minimum atomic E-state index is -0.300. The van der Waals surface area contributed by atoms with Crippen molar-refractivity contribution >= 4 is 17.2 Å². The van der Waals surface area contributed by atoms with Crippen molar-refractivity contribution < 1.29 is 9.18 Å². The molecule has 0 radical (unpaired) electrons. The Morgan fingerprint density at radius 1 is 1.03 bits per heavy atom. The number of fused-ring (bicyclic) bond motifs is 1. The predicted molar refractivity (Wildman–Crippen MR) is 119 cm³/mol. The maximum absolute atomic E-state index is 13.5. The summed E-state index contributed by atoms with van der Waals surface area (Å²) in [5.74, 6) is 0.338. The number of hydrogen-bond donors (Lipinski definition) is 0. The molecule has 3 heterocycles. The van der Waals surface area contributed by atoms with E-state index in [1.807, 2.05) is 53.8 Å². The van der Waals surface area contributed by atoms with Gasteiger partial charge in [0.1, 0.15) is 11.6 Å². The number of halogens is 1. The van der Waals surface area contributed by atoms with Gasteiger partial charge in [0.05, 0.1) is 35.9 Å². The SMILES string of the molecule is Cc1ccc(-c2cn(-c3ccc(F)cc3)c(CC(=O)N3Cc4nc(C)sc4C3)n2)cc1. The number of rotatable bonds is 4. The summed E-state index contributed by atoms with van der Waals surface area (Å²) in [6, 6.07) is 14.3. The van der Waals surface area contributed by atoms with Gasteiger partial charge in [0.15, 0.2) is 0 Å². The molecule has 5 nitrogen and oxygen atoms in total. The average molecular weight is 433 g/mol. The first-order chi connectivity index (χ1) is 15.0. The zero-order valence-electron chi connectivity index (χ0n) is 17.3. The molecule has 2 aromatic heterocycles. The standard InChI is InChI=1S/C24H21FN4OS/c1-15-3-5-17(6-4-15)20-13-29(19-9-7-18(25)8-10-19)23(27-20)11-24(30)28-12-21-22(14-28)31-16(2)26-21/h3-10,13H,11-12,14H2,1-2H3. The van der Waals surface area contributed by atoms with Crippen LogP contribution in [0.3, 0.4) is 0 Å². The van der Waals surface area contributed by atoms with E-state index in [0.717, 1.165) is 32.5 Å². The first-order valence-corrected chi connectivity index (χ1v) is 10.9. The minimum absolute atomic E-state index is 0.00673. The molecular weight excluding hydrogens is 411 g/mol. The van der Waals surface area contributed by atoms with E-state index in [1.54, 1.807) is 23.5 Å². The summed E-state index contributed by atoms with van der Waals surface area (Å²) in [6.07, 6.45) is 2.07. The van der Waals surface area contributed by atoms with Crippen molar-refractivity contribution in [3.63, 3.8) is 0 Å². The number of aromatic nitrogens is 3. The molecule has 0 saturated carbocycles. The number of hydrogen-bond acceptors (Lipinski definition) is 4. The summed E-state index contributed by atoms with van der Waals surface area (Å²) < 4.78 is 15.3. The fraction of sp³-hybridized carbons (Fsp3) is 0.208. The average Bonchev–Trinajstić information content (AvgIpc) is 3.42. The van der Waals surface area contributed by atoms with E-state index in [1.165, 1.54) is 17.7 Å². The minimum Gasteiger partial charge on any atom is -0.331 e. The second-order valence-corrected chi connectivity index (χ2v) is 9.07. The van der Waals surface area contributed by atoms with E-state index in [9.17, 15) is 9.18 Å². The highest BCUT2D eigenvalue weighted by atomic mass is 32.1. The molecule has 31 heavy (non-hydrogen) atoms. The molecule has 0 unspecified atom stereocenters. The second kappa shape index (κ2) is 7.74. The third kappa shape index (κ3) is 3.88. The lowest BCUT2D eigenvalue weighted by Gasteiger charge is -2.16. The third-order valence-corrected chi connectivity index (χ3v) is 6.45. The van der Waals surface area contributed by atoms with Gasteiger partial charge in [-0.3, -0.25) is 4.79 Å². The maximum Gasteiger partial charge on any atom is 0.230 e. The lowest BCUT2D eigenvalue weighted by atomic mass is 10.1. The molecule has 1 amide bonds. The molecule has 4 aromatic rings. The van der Waals surface area contributed by atoms with Crippen molar-refractivity contribution in [1.29, 1.82) is 0 Å². The Hall–Kier alpha value is -3.32. The molecule has 0 aliphatic carbocycles. The second-order valence-electron chi connectivity index (χ2n) is 7.78. The number of carbonyl (C=O) groups is 1. The van der Waals surface area contributed by atoms with Crippen LogP contribution in [0.4, 0.5) is 4.39 Å². The Bertz CT molecular complexity index is 1230. The fourth-order valence-corrected chi connectivity index (χ4v) is 4.79. The molecular formula is C24H21FN4OS. The zero-order valence-corrected chi connectivity index (χ0v) is 18.1. The van der Waals surface area contributed by atoms with Crippen molar-refractivity contribution in [3.05, 3.63) is 87.5 Å². The van der Waals surface area contributed by atoms with Crippen molar-refractivity contribution in [3.8, 4) is 16.9 Å². The first kappa shape index (κ1) is 19.6. The van der Waals surface area contributed by atoms with Crippen LogP contribution < -0.4 is 0 Å². The van der Waals surface area contributed by atoms with Gasteiger partial charge in [-0.1, -0.05) is 29.8 Å². The smallest absolute Gasteiger partial charge is 0.230 e. The summed E-state index contributed by atoms with van der Waals surface area (Å²) in [6.45, 7) is 5.17. The molecule has 156 valence electrons. The summed E-state index contributed by atoms with van der Waals surface area (Å²) in [5, 5.41) is 1.03. The highest BCUT2D eigenvalue weighted by Gasteiger charge is 2.27. The topological polar surface area (TPSA) is 51.0 Å². The van der Waals surface area contributed by atoms with Crippen LogP contribution >= 0.6 is 11.3 Å². The van der Waals surface area contributed by atoms with Crippen LogP contribution in [0.2, 0.25) is 0 Å². The number of imidazole rings is 1. The Morgan fingerprint density at radius 3 is 2.48 bits per heavy atom. The quantitative estimate of drug-likeness (QED) is 0.464. The Morgan fingerprint density at radius 2 is 1.77 bits per heavy atom. The molecule has 0 atom stereocenters. The van der Waals surface area contributed by atoms with Gasteiger partial charge in [0, 0.05) is 22.3 Å². The third-order valence-electron chi connectivity index (χ3n) is 5.45. The van der Waals surface area contributed by atoms with E-state index >= 15 is 0 Å². The summed E-state index contributed by atoms with van der Waals surface area (Å²) in [5.41, 5.74) is 4.70. The van der Waals surface area contributed by atoms with Gasteiger partial charge in [-0.2, -0.15) is 0 Å². The van der Waals surface area contributed by atoms with Gasteiger partial charge in [-0.25, -0.2) is 14.4 Å². The van der Waals surface area contributed by atoms with Crippen LogP contribution in [-0.4, -0.2) is 25.3 Å². The van der Waals surface area contributed by atoms with Crippen LogP contribution in [0, 0.1) is 19.7 Å². The Kier molecular flexibility index (Phi) is 4.90. The molecule has 0 fully saturated rings. The van der Waals surface area contributed by atoms with Crippen LogP contribution in [0.25, 0.3) is 16.9 Å². The molecule has 0 saturated heterocycles. The Balaban J connectivity index is 1.46. The monoisotopic (exact) mass is 432 g/mol. The number of carbonyl (C=O) groups excluding carboxylic acids is 1.